The zero-order chi connectivity index (χ0) is 26.0. The number of hydrogen-bond acceptors (Lipinski definition) is 4. The van der Waals surface area contributed by atoms with Crippen molar-refractivity contribution in [3.05, 3.63) is 120 Å². The summed E-state index contributed by atoms with van der Waals surface area (Å²) in [5, 5.41) is 2.22. The van der Waals surface area contributed by atoms with E-state index >= 15 is 0 Å². The molecule has 8 heteroatoms. The SMILES string of the molecule is C=CCn1c(=NC(=O)c2ccc(S(=O)(=O)N(C)Cc3ccccc3)cc2)sc2c3ccccc3ccc21. The molecular weight excluding hydrogens is 502 g/mol. The van der Waals surface area contributed by atoms with Crippen molar-refractivity contribution in [1.29, 1.82) is 0 Å². The van der Waals surface area contributed by atoms with Gasteiger partial charge in [0.1, 0.15) is 0 Å². The molecule has 0 spiro atoms. The molecule has 37 heavy (non-hydrogen) atoms. The average Bonchev–Trinajstić information content (AvgIpc) is 3.26. The van der Waals surface area contributed by atoms with Crippen LogP contribution in [0.2, 0.25) is 0 Å². The summed E-state index contributed by atoms with van der Waals surface area (Å²) < 4.78 is 30.4. The summed E-state index contributed by atoms with van der Waals surface area (Å²) >= 11 is 1.45. The lowest BCUT2D eigenvalue weighted by Crippen LogP contribution is -2.26. The third-order valence-electron chi connectivity index (χ3n) is 6.14. The van der Waals surface area contributed by atoms with Crippen molar-refractivity contribution in [2.45, 2.75) is 18.0 Å². The number of sulfonamides is 1. The molecule has 0 saturated carbocycles. The highest BCUT2D eigenvalue weighted by Crippen LogP contribution is 2.28. The Morgan fingerprint density at radius 1 is 0.973 bits per heavy atom. The largest absolute Gasteiger partial charge is 0.312 e. The minimum atomic E-state index is -3.71. The summed E-state index contributed by atoms with van der Waals surface area (Å²) in [6.45, 7) is 4.62. The first-order chi connectivity index (χ1) is 17.9. The molecule has 0 saturated heterocycles. The Hall–Kier alpha value is -3.85. The molecule has 4 aromatic carbocycles. The van der Waals surface area contributed by atoms with Crippen LogP contribution in [0, 0.1) is 0 Å². The van der Waals surface area contributed by atoms with E-state index in [-0.39, 0.29) is 11.4 Å². The zero-order valence-corrected chi connectivity index (χ0v) is 21.9. The van der Waals surface area contributed by atoms with Crippen molar-refractivity contribution < 1.29 is 13.2 Å². The number of aromatic nitrogens is 1. The summed E-state index contributed by atoms with van der Waals surface area (Å²) in [7, 11) is -2.17. The molecule has 0 radical (unpaired) electrons. The predicted octanol–water partition coefficient (Wildman–Crippen LogP) is 5.60. The van der Waals surface area contributed by atoms with Crippen molar-refractivity contribution >= 4 is 48.3 Å². The van der Waals surface area contributed by atoms with Gasteiger partial charge in [-0.25, -0.2) is 8.42 Å². The van der Waals surface area contributed by atoms with E-state index in [9.17, 15) is 13.2 Å². The van der Waals surface area contributed by atoms with Crippen LogP contribution in [0.25, 0.3) is 21.0 Å². The first kappa shape index (κ1) is 24.8. The Morgan fingerprint density at radius 3 is 2.41 bits per heavy atom. The fourth-order valence-electron chi connectivity index (χ4n) is 4.22. The minimum Gasteiger partial charge on any atom is -0.312 e. The molecule has 0 N–H and O–H groups in total. The summed E-state index contributed by atoms with van der Waals surface area (Å²) in [5.74, 6) is -0.435. The van der Waals surface area contributed by atoms with Crippen molar-refractivity contribution in [2.24, 2.45) is 4.99 Å². The quantitative estimate of drug-likeness (QED) is 0.259. The fraction of sp³-hybridized carbons (Fsp3) is 0.103. The number of amides is 1. The van der Waals surface area contributed by atoms with Gasteiger partial charge in [0.2, 0.25) is 10.0 Å². The molecule has 186 valence electrons. The maximum Gasteiger partial charge on any atom is 0.279 e. The summed E-state index contributed by atoms with van der Waals surface area (Å²) in [5.41, 5.74) is 2.19. The van der Waals surface area contributed by atoms with E-state index in [0.29, 0.717) is 16.9 Å². The predicted molar refractivity (Wildman–Crippen MR) is 149 cm³/mol. The van der Waals surface area contributed by atoms with Crippen molar-refractivity contribution in [1.82, 2.24) is 8.87 Å². The third-order valence-corrected chi connectivity index (χ3v) is 9.09. The second-order valence-corrected chi connectivity index (χ2v) is 11.6. The molecule has 0 atom stereocenters. The van der Waals surface area contributed by atoms with Gasteiger partial charge in [-0.2, -0.15) is 9.30 Å². The maximum atomic E-state index is 13.1. The van der Waals surface area contributed by atoms with E-state index in [1.54, 1.807) is 13.1 Å². The molecule has 6 nitrogen and oxygen atoms in total. The van der Waals surface area contributed by atoms with Crippen molar-refractivity contribution in [3.8, 4) is 0 Å². The van der Waals surface area contributed by atoms with E-state index in [1.165, 1.54) is 39.9 Å². The van der Waals surface area contributed by atoms with Gasteiger partial charge in [-0.05, 0) is 41.3 Å². The summed E-state index contributed by atoms with van der Waals surface area (Å²) in [6.07, 6.45) is 1.77. The summed E-state index contributed by atoms with van der Waals surface area (Å²) in [4.78, 5) is 18.2. The highest BCUT2D eigenvalue weighted by atomic mass is 32.2. The second kappa shape index (κ2) is 10.3. The number of allylic oxidation sites excluding steroid dienone is 1. The van der Waals surface area contributed by atoms with Crippen LogP contribution in [0.15, 0.2) is 114 Å². The molecular formula is C29H25N3O3S2. The van der Waals surface area contributed by atoms with Crippen LogP contribution >= 0.6 is 11.3 Å². The monoisotopic (exact) mass is 527 g/mol. The van der Waals surface area contributed by atoms with Crippen LogP contribution < -0.4 is 4.80 Å². The van der Waals surface area contributed by atoms with Gasteiger partial charge in [0.25, 0.3) is 5.91 Å². The van der Waals surface area contributed by atoms with Crippen LogP contribution in [0.1, 0.15) is 15.9 Å². The van der Waals surface area contributed by atoms with Gasteiger partial charge >= 0.3 is 0 Å². The van der Waals surface area contributed by atoms with Gasteiger partial charge in [0, 0.05) is 31.1 Å². The van der Waals surface area contributed by atoms with Gasteiger partial charge < -0.3 is 4.57 Å². The molecule has 5 rings (SSSR count). The number of thiazole rings is 1. The Kier molecular flexibility index (Phi) is 6.88. The Balaban J connectivity index is 1.46. The van der Waals surface area contributed by atoms with Crippen molar-refractivity contribution in [2.75, 3.05) is 7.05 Å². The fourth-order valence-corrected chi connectivity index (χ4v) is 6.55. The van der Waals surface area contributed by atoms with Gasteiger partial charge in [-0.3, -0.25) is 4.79 Å². The topological polar surface area (TPSA) is 71.7 Å². The van der Waals surface area contributed by atoms with Gasteiger partial charge in [0.05, 0.1) is 15.1 Å². The maximum absolute atomic E-state index is 13.1. The number of benzene rings is 4. The standard InChI is InChI=1S/C29H25N3O3S2/c1-3-19-32-26-18-15-22-11-7-8-12-25(22)27(26)36-29(32)30-28(33)23-13-16-24(17-14-23)37(34,35)31(2)20-21-9-5-4-6-10-21/h3-18H,1,19-20H2,2H3. The molecule has 0 bridgehead atoms. The van der Waals surface area contributed by atoms with Crippen LogP contribution in [-0.2, 0) is 23.1 Å². The average molecular weight is 528 g/mol. The lowest BCUT2D eigenvalue weighted by atomic mass is 10.1. The van der Waals surface area contributed by atoms with Crippen LogP contribution in [0.3, 0.4) is 0 Å². The molecule has 0 unspecified atom stereocenters. The molecule has 1 aromatic heterocycles. The number of hydrogen-bond donors (Lipinski definition) is 0. The second-order valence-electron chi connectivity index (χ2n) is 8.61. The van der Waals surface area contributed by atoms with Gasteiger partial charge in [-0.15, -0.1) is 6.58 Å². The number of nitrogens with zero attached hydrogens (tertiary/aromatic N) is 3. The van der Waals surface area contributed by atoms with E-state index < -0.39 is 15.9 Å². The normalized spacial score (nSPS) is 12.4. The first-order valence-corrected chi connectivity index (χ1v) is 14.0. The molecule has 0 fully saturated rings. The number of rotatable bonds is 7. The number of carbonyl (C=O) groups is 1. The first-order valence-electron chi connectivity index (χ1n) is 11.7. The third kappa shape index (κ3) is 4.91. The lowest BCUT2D eigenvalue weighted by molar-refractivity contribution is 0.0997. The Bertz CT molecular complexity index is 1790. The number of carbonyl (C=O) groups excluding carboxylic acids is 1. The molecule has 1 heterocycles. The lowest BCUT2D eigenvalue weighted by Gasteiger charge is -2.17. The highest BCUT2D eigenvalue weighted by molar-refractivity contribution is 7.89. The molecule has 0 aliphatic carbocycles. The number of fused-ring (bicyclic) bond motifs is 3. The minimum absolute atomic E-state index is 0.123. The van der Waals surface area contributed by atoms with E-state index in [2.05, 4.69) is 29.8 Å². The van der Waals surface area contributed by atoms with Crippen LogP contribution in [0.4, 0.5) is 0 Å². The highest BCUT2D eigenvalue weighted by Gasteiger charge is 2.21. The van der Waals surface area contributed by atoms with Crippen LogP contribution in [-0.4, -0.2) is 30.2 Å². The Morgan fingerprint density at radius 2 is 1.68 bits per heavy atom. The van der Waals surface area contributed by atoms with E-state index in [4.69, 9.17) is 0 Å². The molecule has 1 amide bonds. The molecule has 5 aromatic rings. The zero-order valence-electron chi connectivity index (χ0n) is 20.2. The smallest absolute Gasteiger partial charge is 0.279 e. The van der Waals surface area contributed by atoms with E-state index in [1.807, 2.05) is 53.1 Å². The van der Waals surface area contributed by atoms with Gasteiger partial charge in [0.15, 0.2) is 4.80 Å². The van der Waals surface area contributed by atoms with Gasteiger partial charge in [-0.1, -0.05) is 78.1 Å². The van der Waals surface area contributed by atoms with Crippen molar-refractivity contribution in [3.63, 3.8) is 0 Å². The Labute approximate surface area is 219 Å². The molecule has 0 aliphatic heterocycles. The summed E-state index contributed by atoms with van der Waals surface area (Å²) in [6, 6.07) is 27.5. The van der Waals surface area contributed by atoms with Crippen LogP contribution in [0.5, 0.6) is 0 Å². The molecule has 0 aliphatic rings. The van der Waals surface area contributed by atoms with E-state index in [0.717, 1.165) is 26.6 Å².